The maximum Gasteiger partial charge on any atom is 0.0711 e. The van der Waals surface area contributed by atoms with E-state index in [1.807, 2.05) is 0 Å². The van der Waals surface area contributed by atoms with Gasteiger partial charge in [-0.1, -0.05) is 66.3 Å². The summed E-state index contributed by atoms with van der Waals surface area (Å²) >= 11 is 0. The van der Waals surface area contributed by atoms with Gasteiger partial charge in [-0.05, 0) is 72.7 Å². The van der Waals surface area contributed by atoms with Crippen molar-refractivity contribution in [3.8, 4) is 11.1 Å². The zero-order valence-electron chi connectivity index (χ0n) is 17.4. The Morgan fingerprint density at radius 1 is 0.857 bits per heavy atom. The van der Waals surface area contributed by atoms with Gasteiger partial charge in [0.25, 0.3) is 0 Å². The van der Waals surface area contributed by atoms with Crippen molar-refractivity contribution >= 4 is 22.0 Å². The third-order valence-corrected chi connectivity index (χ3v) is 7.63. The summed E-state index contributed by atoms with van der Waals surface area (Å²) in [7, 11) is 1.21. The van der Waals surface area contributed by atoms with Crippen LogP contribution in [-0.2, 0) is 0 Å². The summed E-state index contributed by atoms with van der Waals surface area (Å²) in [5.74, 6) is 0. The summed E-state index contributed by atoms with van der Waals surface area (Å²) in [6.45, 7) is 8.59. The SMILES string of the molecule is CC1=CC=C2N=C(C)C(C)=C12.CC1=Cc2c(-c3ccccc3)cccc2C1[SiH3]. The lowest BCUT2D eigenvalue weighted by Crippen LogP contribution is -1.95. The molecular weight excluding hydrogens is 354 g/mol. The first-order valence-electron chi connectivity index (χ1n) is 9.99. The topological polar surface area (TPSA) is 12.4 Å². The molecule has 0 fully saturated rings. The highest BCUT2D eigenvalue weighted by molar-refractivity contribution is 6.16. The van der Waals surface area contributed by atoms with E-state index < -0.39 is 0 Å². The number of benzene rings is 2. The van der Waals surface area contributed by atoms with Crippen LogP contribution in [0.5, 0.6) is 0 Å². The van der Waals surface area contributed by atoms with Crippen LogP contribution in [0.1, 0.15) is 44.4 Å². The molecule has 0 aromatic heterocycles. The largest absolute Gasteiger partial charge is 0.253 e. The molecule has 5 rings (SSSR count). The molecule has 28 heavy (non-hydrogen) atoms. The summed E-state index contributed by atoms with van der Waals surface area (Å²) in [5.41, 5.74) is 14.2. The smallest absolute Gasteiger partial charge is 0.0711 e. The van der Waals surface area contributed by atoms with Crippen molar-refractivity contribution in [2.75, 3.05) is 0 Å². The first-order chi connectivity index (χ1) is 13.5. The lowest BCUT2D eigenvalue weighted by Gasteiger charge is -2.10. The number of rotatable bonds is 1. The molecule has 2 aromatic rings. The molecule has 0 amide bonds. The fourth-order valence-electron chi connectivity index (χ4n) is 4.19. The van der Waals surface area contributed by atoms with Gasteiger partial charge in [0, 0.05) is 21.5 Å². The monoisotopic (exact) mass is 381 g/mol. The highest BCUT2D eigenvalue weighted by Crippen LogP contribution is 2.39. The van der Waals surface area contributed by atoms with Gasteiger partial charge < -0.3 is 0 Å². The van der Waals surface area contributed by atoms with Gasteiger partial charge in [0.2, 0.25) is 0 Å². The number of aliphatic imine (C=N–C) groups is 1. The molecule has 3 aliphatic rings. The minimum absolute atomic E-state index is 0.702. The van der Waals surface area contributed by atoms with Gasteiger partial charge in [-0.15, -0.1) is 0 Å². The zero-order valence-corrected chi connectivity index (χ0v) is 19.4. The average molecular weight is 382 g/mol. The van der Waals surface area contributed by atoms with Crippen molar-refractivity contribution in [1.29, 1.82) is 0 Å². The van der Waals surface area contributed by atoms with Crippen molar-refractivity contribution in [3.05, 3.63) is 99.8 Å². The second kappa shape index (κ2) is 7.37. The Labute approximate surface area is 171 Å². The summed E-state index contributed by atoms with van der Waals surface area (Å²) in [6.07, 6.45) is 6.59. The van der Waals surface area contributed by atoms with Gasteiger partial charge in [-0.25, -0.2) is 0 Å². The molecule has 1 heterocycles. The number of nitrogens with zero attached hydrogens (tertiary/aromatic N) is 1. The van der Waals surface area contributed by atoms with E-state index in [1.54, 1.807) is 0 Å². The van der Waals surface area contributed by atoms with Gasteiger partial charge in [0.1, 0.15) is 0 Å². The Morgan fingerprint density at radius 2 is 1.61 bits per heavy atom. The van der Waals surface area contributed by atoms with Crippen LogP contribution in [0.15, 0.2) is 93.7 Å². The molecule has 1 atom stereocenters. The number of allylic oxidation sites excluding steroid dienone is 5. The van der Waals surface area contributed by atoms with Crippen LogP contribution in [0.3, 0.4) is 0 Å². The molecule has 0 saturated heterocycles. The van der Waals surface area contributed by atoms with Crippen LogP contribution in [0.2, 0.25) is 0 Å². The predicted octanol–water partition coefficient (Wildman–Crippen LogP) is 5.80. The van der Waals surface area contributed by atoms with Gasteiger partial charge in [0.15, 0.2) is 0 Å². The Hall–Kier alpha value is -2.71. The second-order valence-corrected chi connectivity index (χ2v) is 9.04. The fraction of sp³-hybridized carbons (Fsp3) is 0.192. The van der Waals surface area contributed by atoms with Crippen LogP contribution in [-0.4, -0.2) is 16.0 Å². The average Bonchev–Trinajstić information content (AvgIpc) is 3.31. The Kier molecular flexibility index (Phi) is 4.90. The van der Waals surface area contributed by atoms with Crippen molar-refractivity contribution in [3.63, 3.8) is 0 Å². The van der Waals surface area contributed by atoms with E-state index in [-0.39, 0.29) is 0 Å². The van der Waals surface area contributed by atoms with Crippen LogP contribution in [0, 0.1) is 0 Å². The van der Waals surface area contributed by atoms with E-state index in [1.165, 1.54) is 60.5 Å². The minimum atomic E-state index is 0.702. The lowest BCUT2D eigenvalue weighted by molar-refractivity contribution is 1.14. The molecule has 1 nitrogen and oxygen atoms in total. The van der Waals surface area contributed by atoms with Crippen molar-refractivity contribution < 1.29 is 0 Å². The molecule has 0 bridgehead atoms. The van der Waals surface area contributed by atoms with Crippen LogP contribution < -0.4 is 0 Å². The lowest BCUT2D eigenvalue weighted by atomic mass is 9.97. The van der Waals surface area contributed by atoms with Crippen molar-refractivity contribution in [2.45, 2.75) is 33.2 Å². The van der Waals surface area contributed by atoms with Gasteiger partial charge in [-0.3, -0.25) is 4.99 Å². The highest BCUT2D eigenvalue weighted by Gasteiger charge is 2.21. The summed E-state index contributed by atoms with van der Waals surface area (Å²) in [4.78, 5) is 4.43. The molecule has 0 radical (unpaired) electrons. The van der Waals surface area contributed by atoms with E-state index >= 15 is 0 Å². The number of hydrogen-bond donors (Lipinski definition) is 0. The van der Waals surface area contributed by atoms with Crippen LogP contribution >= 0.6 is 0 Å². The molecule has 2 aliphatic carbocycles. The quantitative estimate of drug-likeness (QED) is 0.554. The van der Waals surface area contributed by atoms with Crippen molar-refractivity contribution in [2.24, 2.45) is 4.99 Å². The number of hydrogen-bond acceptors (Lipinski definition) is 1. The van der Waals surface area contributed by atoms with E-state index in [2.05, 4.69) is 99.4 Å². The van der Waals surface area contributed by atoms with Gasteiger partial charge >= 0.3 is 0 Å². The summed E-state index contributed by atoms with van der Waals surface area (Å²) < 4.78 is 0. The molecule has 0 saturated carbocycles. The van der Waals surface area contributed by atoms with Gasteiger partial charge in [0.05, 0.1) is 5.70 Å². The maximum atomic E-state index is 4.43. The van der Waals surface area contributed by atoms with E-state index in [0.717, 1.165) is 5.70 Å². The molecule has 2 aromatic carbocycles. The molecule has 0 spiro atoms. The molecule has 1 aliphatic heterocycles. The molecular formula is C26H27NSi. The van der Waals surface area contributed by atoms with E-state index in [4.69, 9.17) is 0 Å². The Balaban J connectivity index is 0.000000151. The molecule has 1 unspecified atom stereocenters. The standard InChI is InChI=1S/C16H16Si.C10H11N/c1-11-10-15-13(12-6-3-2-4-7-12)8-5-9-14(15)16(11)17;1-6-4-5-9-10(6)7(2)8(3)11-9/h2-10,16H,1,17H3;4-5H,1-3H3. The Morgan fingerprint density at radius 3 is 2.32 bits per heavy atom. The molecule has 140 valence electrons. The normalized spacial score (nSPS) is 19.4. The van der Waals surface area contributed by atoms with Crippen LogP contribution in [0.25, 0.3) is 17.2 Å². The first-order valence-corrected chi connectivity index (χ1v) is 11.1. The zero-order chi connectivity index (χ0) is 19.8. The van der Waals surface area contributed by atoms with Gasteiger partial charge in [-0.2, -0.15) is 0 Å². The molecule has 2 heteroatoms. The minimum Gasteiger partial charge on any atom is -0.253 e. The van der Waals surface area contributed by atoms with Crippen molar-refractivity contribution in [1.82, 2.24) is 0 Å². The summed E-state index contributed by atoms with van der Waals surface area (Å²) in [5, 5.41) is 0. The maximum absolute atomic E-state index is 4.43. The Bertz CT molecular complexity index is 1090. The third-order valence-electron chi connectivity index (χ3n) is 6.09. The van der Waals surface area contributed by atoms with Crippen LogP contribution in [0.4, 0.5) is 0 Å². The predicted molar refractivity (Wildman–Crippen MR) is 126 cm³/mol. The van der Waals surface area contributed by atoms with E-state index in [0.29, 0.717) is 5.54 Å². The number of fused-ring (bicyclic) bond motifs is 2. The highest BCUT2D eigenvalue weighted by atomic mass is 28.1. The third kappa shape index (κ3) is 3.18. The molecule has 0 N–H and O–H groups in total. The summed E-state index contributed by atoms with van der Waals surface area (Å²) in [6, 6.07) is 17.4. The first kappa shape index (κ1) is 18.6. The second-order valence-electron chi connectivity index (χ2n) is 7.88. The fourth-order valence-corrected chi connectivity index (χ4v) is 4.86. The van der Waals surface area contributed by atoms with E-state index in [9.17, 15) is 0 Å².